The molecule has 0 amide bonds. The Balaban J connectivity index is 2.21. The number of hydrogen-bond donors (Lipinski definition) is 1. The van der Waals surface area contributed by atoms with Crippen LogP contribution in [0.5, 0.6) is 0 Å². The fraction of sp³-hybridized carbons (Fsp3) is 0.462. The summed E-state index contributed by atoms with van der Waals surface area (Å²) in [6.07, 6.45) is 10.0. The van der Waals surface area contributed by atoms with Crippen LogP contribution in [0.3, 0.4) is 0 Å². The second-order valence-corrected chi connectivity index (χ2v) is 4.63. The highest BCUT2D eigenvalue weighted by atomic mass is 35.5. The Labute approximate surface area is 102 Å². The van der Waals surface area contributed by atoms with Crippen molar-refractivity contribution in [1.29, 1.82) is 0 Å². The zero-order valence-electron chi connectivity index (χ0n) is 9.32. The molecule has 2 N–H and O–H groups in total. The van der Waals surface area contributed by atoms with Crippen molar-refractivity contribution in [3.05, 3.63) is 40.7 Å². The first-order valence-electron chi connectivity index (χ1n) is 5.84. The normalized spacial score (nSPS) is 18.8. The summed E-state index contributed by atoms with van der Waals surface area (Å²) in [5.41, 5.74) is 8.32. The van der Waals surface area contributed by atoms with E-state index < -0.39 is 0 Å². The molecule has 2 nitrogen and oxygen atoms in total. The first-order valence-corrected chi connectivity index (χ1v) is 6.22. The van der Waals surface area contributed by atoms with Crippen LogP contribution in [0.4, 0.5) is 0 Å². The minimum absolute atomic E-state index is 0.133. The van der Waals surface area contributed by atoms with Crippen LogP contribution in [-0.4, -0.2) is 4.98 Å². The van der Waals surface area contributed by atoms with Gasteiger partial charge in [0.05, 0.1) is 16.8 Å². The van der Waals surface area contributed by atoms with Gasteiger partial charge in [0.1, 0.15) is 0 Å². The number of pyridine rings is 1. The Morgan fingerprint density at radius 3 is 3.00 bits per heavy atom. The van der Waals surface area contributed by atoms with E-state index in [-0.39, 0.29) is 6.04 Å². The fourth-order valence-electron chi connectivity index (χ4n) is 2.12. The third kappa shape index (κ3) is 2.63. The van der Waals surface area contributed by atoms with Gasteiger partial charge in [0.15, 0.2) is 0 Å². The molecule has 0 aromatic carbocycles. The van der Waals surface area contributed by atoms with Crippen LogP contribution in [0, 0.1) is 0 Å². The molecule has 2 rings (SSSR count). The molecule has 0 saturated carbocycles. The van der Waals surface area contributed by atoms with Crippen molar-refractivity contribution in [2.75, 3.05) is 0 Å². The Morgan fingerprint density at radius 1 is 1.31 bits per heavy atom. The highest BCUT2D eigenvalue weighted by molar-refractivity contribution is 6.31. The molecule has 0 saturated heterocycles. The molecule has 3 heteroatoms. The maximum absolute atomic E-state index is 6.22. The van der Waals surface area contributed by atoms with Gasteiger partial charge < -0.3 is 5.73 Å². The summed E-state index contributed by atoms with van der Waals surface area (Å²) in [6, 6.07) is 3.55. The number of nitrogens with two attached hydrogens (primary N) is 1. The van der Waals surface area contributed by atoms with Crippen molar-refractivity contribution in [3.8, 4) is 0 Å². The van der Waals surface area contributed by atoms with Gasteiger partial charge in [-0.3, -0.25) is 4.98 Å². The van der Waals surface area contributed by atoms with Gasteiger partial charge in [-0.05, 0) is 37.8 Å². The molecule has 1 atom stereocenters. The summed E-state index contributed by atoms with van der Waals surface area (Å²) in [5.74, 6) is 0. The van der Waals surface area contributed by atoms with Crippen LogP contribution >= 0.6 is 11.6 Å². The Morgan fingerprint density at radius 2 is 2.19 bits per heavy atom. The fourth-order valence-corrected chi connectivity index (χ4v) is 2.36. The number of allylic oxidation sites excluding steroid dienone is 1. The SMILES string of the molecule is NC(C1=CCCCCC1)c1ncccc1Cl. The summed E-state index contributed by atoms with van der Waals surface area (Å²) in [6.45, 7) is 0. The van der Waals surface area contributed by atoms with Gasteiger partial charge in [-0.2, -0.15) is 0 Å². The van der Waals surface area contributed by atoms with E-state index in [4.69, 9.17) is 17.3 Å². The van der Waals surface area contributed by atoms with E-state index in [1.807, 2.05) is 12.1 Å². The largest absolute Gasteiger partial charge is 0.319 e. The van der Waals surface area contributed by atoms with Crippen molar-refractivity contribution in [3.63, 3.8) is 0 Å². The molecule has 1 unspecified atom stereocenters. The summed E-state index contributed by atoms with van der Waals surface area (Å²) in [7, 11) is 0. The molecule has 0 bridgehead atoms. The quantitative estimate of drug-likeness (QED) is 0.797. The average molecular weight is 237 g/mol. The molecule has 1 heterocycles. The Bertz CT molecular complexity index is 387. The third-order valence-electron chi connectivity index (χ3n) is 3.06. The average Bonchev–Trinajstić information content (AvgIpc) is 2.57. The maximum Gasteiger partial charge on any atom is 0.0798 e. The van der Waals surface area contributed by atoms with E-state index in [0.717, 1.165) is 18.5 Å². The van der Waals surface area contributed by atoms with E-state index >= 15 is 0 Å². The van der Waals surface area contributed by atoms with Crippen LogP contribution in [0.15, 0.2) is 30.0 Å². The lowest BCUT2D eigenvalue weighted by Crippen LogP contribution is -2.15. The standard InChI is InChI=1S/C13H17ClN2/c14-11-8-5-9-16-13(11)12(15)10-6-3-1-2-4-7-10/h5-6,8-9,12H,1-4,7,15H2. The van der Waals surface area contributed by atoms with Gasteiger partial charge in [0.2, 0.25) is 0 Å². The van der Waals surface area contributed by atoms with Gasteiger partial charge in [0, 0.05) is 6.20 Å². The van der Waals surface area contributed by atoms with E-state index in [0.29, 0.717) is 5.02 Å². The van der Waals surface area contributed by atoms with Gasteiger partial charge >= 0.3 is 0 Å². The van der Waals surface area contributed by atoms with E-state index in [1.165, 1.54) is 24.8 Å². The number of aromatic nitrogens is 1. The molecule has 0 fully saturated rings. The minimum atomic E-state index is -0.133. The van der Waals surface area contributed by atoms with Gasteiger partial charge in [0.25, 0.3) is 0 Å². The summed E-state index contributed by atoms with van der Waals surface area (Å²) in [4.78, 5) is 4.29. The summed E-state index contributed by atoms with van der Waals surface area (Å²) >= 11 is 6.11. The number of rotatable bonds is 2. The molecule has 1 aliphatic rings. The lowest BCUT2D eigenvalue weighted by atomic mass is 9.99. The van der Waals surface area contributed by atoms with Crippen molar-refractivity contribution < 1.29 is 0 Å². The molecular weight excluding hydrogens is 220 g/mol. The lowest BCUT2D eigenvalue weighted by molar-refractivity contribution is 0.682. The van der Waals surface area contributed by atoms with Crippen LogP contribution < -0.4 is 5.73 Å². The zero-order valence-corrected chi connectivity index (χ0v) is 10.1. The third-order valence-corrected chi connectivity index (χ3v) is 3.38. The van der Waals surface area contributed by atoms with Gasteiger partial charge in [-0.1, -0.05) is 29.7 Å². The molecular formula is C13H17ClN2. The molecule has 0 aliphatic heterocycles. The number of hydrogen-bond acceptors (Lipinski definition) is 2. The molecule has 0 radical (unpaired) electrons. The second kappa shape index (κ2) is 5.46. The number of nitrogens with zero attached hydrogens (tertiary/aromatic N) is 1. The van der Waals surface area contributed by atoms with Gasteiger partial charge in [-0.25, -0.2) is 0 Å². The highest BCUT2D eigenvalue weighted by Crippen LogP contribution is 2.29. The minimum Gasteiger partial charge on any atom is -0.319 e. The van der Waals surface area contributed by atoms with Crippen molar-refractivity contribution >= 4 is 11.6 Å². The highest BCUT2D eigenvalue weighted by Gasteiger charge is 2.16. The van der Waals surface area contributed by atoms with Crippen LogP contribution in [-0.2, 0) is 0 Å². The summed E-state index contributed by atoms with van der Waals surface area (Å²) < 4.78 is 0. The molecule has 0 spiro atoms. The van der Waals surface area contributed by atoms with Gasteiger partial charge in [-0.15, -0.1) is 0 Å². The number of halogens is 1. The predicted molar refractivity (Wildman–Crippen MR) is 67.3 cm³/mol. The topological polar surface area (TPSA) is 38.9 Å². The monoisotopic (exact) mass is 236 g/mol. The van der Waals surface area contributed by atoms with E-state index in [2.05, 4.69) is 11.1 Å². The molecule has 86 valence electrons. The van der Waals surface area contributed by atoms with Crippen LogP contribution in [0.1, 0.15) is 43.8 Å². The van der Waals surface area contributed by atoms with Crippen molar-refractivity contribution in [2.45, 2.75) is 38.1 Å². The van der Waals surface area contributed by atoms with E-state index in [1.54, 1.807) is 6.20 Å². The van der Waals surface area contributed by atoms with Crippen LogP contribution in [0.2, 0.25) is 5.02 Å². The smallest absolute Gasteiger partial charge is 0.0798 e. The predicted octanol–water partition coefficient (Wildman–Crippen LogP) is 3.63. The lowest BCUT2D eigenvalue weighted by Gasteiger charge is -2.15. The van der Waals surface area contributed by atoms with Crippen molar-refractivity contribution in [1.82, 2.24) is 4.98 Å². The zero-order chi connectivity index (χ0) is 11.4. The Hall–Kier alpha value is -0.860. The first-order chi connectivity index (χ1) is 7.79. The summed E-state index contributed by atoms with van der Waals surface area (Å²) in [5, 5.41) is 0.667. The molecule has 1 aromatic heterocycles. The van der Waals surface area contributed by atoms with E-state index in [9.17, 15) is 0 Å². The van der Waals surface area contributed by atoms with Crippen LogP contribution in [0.25, 0.3) is 0 Å². The maximum atomic E-state index is 6.22. The van der Waals surface area contributed by atoms with Crippen molar-refractivity contribution in [2.24, 2.45) is 5.73 Å². The Kier molecular flexibility index (Phi) is 3.97. The molecule has 1 aliphatic carbocycles. The second-order valence-electron chi connectivity index (χ2n) is 4.23. The first kappa shape index (κ1) is 11.6. The molecule has 1 aromatic rings. The molecule has 16 heavy (non-hydrogen) atoms.